The SMILES string of the molecule is O=C(NCCc1ncn[nH]1)c1cccc2[nH]ccc12. The Morgan fingerprint density at radius 3 is 3.11 bits per heavy atom. The zero-order valence-corrected chi connectivity index (χ0v) is 10.2. The average molecular weight is 255 g/mol. The Morgan fingerprint density at radius 1 is 1.32 bits per heavy atom. The number of H-pyrrole nitrogens is 2. The van der Waals surface area contributed by atoms with E-state index < -0.39 is 0 Å². The summed E-state index contributed by atoms with van der Waals surface area (Å²) in [5.74, 6) is 0.685. The molecule has 0 saturated heterocycles. The molecule has 6 nitrogen and oxygen atoms in total. The summed E-state index contributed by atoms with van der Waals surface area (Å²) in [7, 11) is 0. The van der Waals surface area contributed by atoms with Crippen molar-refractivity contribution in [3.63, 3.8) is 0 Å². The summed E-state index contributed by atoms with van der Waals surface area (Å²) in [4.78, 5) is 19.2. The summed E-state index contributed by atoms with van der Waals surface area (Å²) in [6, 6.07) is 7.53. The number of nitrogens with zero attached hydrogens (tertiary/aromatic N) is 2. The van der Waals surface area contributed by atoms with Gasteiger partial charge in [-0.05, 0) is 18.2 Å². The summed E-state index contributed by atoms with van der Waals surface area (Å²) < 4.78 is 0. The number of aromatic nitrogens is 4. The van der Waals surface area contributed by atoms with Gasteiger partial charge in [0, 0.05) is 35.6 Å². The number of carbonyl (C=O) groups excluding carboxylic acids is 1. The van der Waals surface area contributed by atoms with E-state index in [9.17, 15) is 4.79 Å². The Balaban J connectivity index is 1.68. The number of amides is 1. The first kappa shape index (κ1) is 11.5. The first-order chi connectivity index (χ1) is 9.34. The third-order valence-corrected chi connectivity index (χ3v) is 2.95. The van der Waals surface area contributed by atoms with E-state index in [4.69, 9.17) is 0 Å². The van der Waals surface area contributed by atoms with Crippen LogP contribution in [0.3, 0.4) is 0 Å². The fraction of sp³-hybridized carbons (Fsp3) is 0.154. The molecular formula is C13H13N5O. The molecule has 2 aromatic heterocycles. The molecule has 6 heteroatoms. The molecule has 19 heavy (non-hydrogen) atoms. The molecule has 0 saturated carbocycles. The zero-order chi connectivity index (χ0) is 13.1. The molecule has 1 aromatic carbocycles. The number of hydrogen-bond donors (Lipinski definition) is 3. The molecule has 2 heterocycles. The summed E-state index contributed by atoms with van der Waals surface area (Å²) in [6.45, 7) is 0.523. The number of benzene rings is 1. The minimum absolute atomic E-state index is 0.0790. The van der Waals surface area contributed by atoms with Gasteiger partial charge in [-0.25, -0.2) is 4.98 Å². The van der Waals surface area contributed by atoms with Crippen LogP contribution < -0.4 is 5.32 Å². The van der Waals surface area contributed by atoms with Crippen LogP contribution in [-0.2, 0) is 6.42 Å². The van der Waals surface area contributed by atoms with Gasteiger partial charge in [0.1, 0.15) is 12.2 Å². The van der Waals surface area contributed by atoms with Gasteiger partial charge >= 0.3 is 0 Å². The Morgan fingerprint density at radius 2 is 2.26 bits per heavy atom. The molecule has 0 aliphatic rings. The van der Waals surface area contributed by atoms with Crippen LogP contribution in [-0.4, -0.2) is 32.6 Å². The number of aromatic amines is 2. The van der Waals surface area contributed by atoms with Gasteiger partial charge in [-0.15, -0.1) is 0 Å². The van der Waals surface area contributed by atoms with Gasteiger partial charge < -0.3 is 10.3 Å². The fourth-order valence-corrected chi connectivity index (χ4v) is 2.02. The molecule has 0 atom stereocenters. The number of carbonyl (C=O) groups is 1. The minimum atomic E-state index is -0.0790. The first-order valence-electron chi connectivity index (χ1n) is 6.03. The second-order valence-electron chi connectivity index (χ2n) is 4.18. The Hall–Kier alpha value is -2.63. The van der Waals surface area contributed by atoms with E-state index >= 15 is 0 Å². The lowest BCUT2D eigenvalue weighted by Crippen LogP contribution is -2.26. The third kappa shape index (κ3) is 2.33. The predicted octanol–water partition coefficient (Wildman–Crippen LogP) is 1.26. The predicted molar refractivity (Wildman–Crippen MR) is 70.7 cm³/mol. The van der Waals surface area contributed by atoms with E-state index in [2.05, 4.69) is 25.5 Å². The maximum atomic E-state index is 12.1. The topological polar surface area (TPSA) is 86.5 Å². The molecule has 0 aliphatic carbocycles. The van der Waals surface area contributed by atoms with Crippen molar-refractivity contribution in [3.05, 3.63) is 48.2 Å². The van der Waals surface area contributed by atoms with Crippen molar-refractivity contribution in [1.29, 1.82) is 0 Å². The standard InChI is InChI=1S/C13H13N5O/c19-13(15-7-5-12-16-8-17-18-12)10-2-1-3-11-9(10)4-6-14-11/h1-4,6,8,14H,5,7H2,(H,15,19)(H,16,17,18). The number of rotatable bonds is 4. The summed E-state index contributed by atoms with van der Waals surface area (Å²) in [5, 5.41) is 10.3. The van der Waals surface area contributed by atoms with Crippen LogP contribution in [0.2, 0.25) is 0 Å². The lowest BCUT2D eigenvalue weighted by molar-refractivity contribution is 0.0955. The lowest BCUT2D eigenvalue weighted by atomic mass is 10.1. The van der Waals surface area contributed by atoms with E-state index in [1.54, 1.807) is 0 Å². The molecule has 3 aromatic rings. The normalized spacial score (nSPS) is 10.7. The second kappa shape index (κ2) is 4.93. The highest BCUT2D eigenvalue weighted by Gasteiger charge is 2.09. The van der Waals surface area contributed by atoms with Crippen molar-refractivity contribution >= 4 is 16.8 Å². The molecule has 1 amide bonds. The quantitative estimate of drug-likeness (QED) is 0.656. The Kier molecular flexibility index (Phi) is 2.97. The van der Waals surface area contributed by atoms with Gasteiger partial charge in [0.05, 0.1) is 0 Å². The molecule has 3 N–H and O–H groups in total. The summed E-state index contributed by atoms with van der Waals surface area (Å²) >= 11 is 0. The van der Waals surface area contributed by atoms with Gasteiger partial charge in [-0.2, -0.15) is 5.10 Å². The number of nitrogens with one attached hydrogen (secondary N) is 3. The van der Waals surface area contributed by atoms with Crippen molar-refractivity contribution < 1.29 is 4.79 Å². The lowest BCUT2D eigenvalue weighted by Gasteiger charge is -2.05. The van der Waals surface area contributed by atoms with Crippen LogP contribution in [0.15, 0.2) is 36.8 Å². The molecule has 0 bridgehead atoms. The number of hydrogen-bond acceptors (Lipinski definition) is 3. The van der Waals surface area contributed by atoms with Crippen molar-refractivity contribution in [2.24, 2.45) is 0 Å². The molecule has 0 aliphatic heterocycles. The van der Waals surface area contributed by atoms with Gasteiger partial charge in [0.25, 0.3) is 5.91 Å². The largest absolute Gasteiger partial charge is 0.361 e. The van der Waals surface area contributed by atoms with Gasteiger partial charge in [-0.1, -0.05) is 6.07 Å². The molecule has 0 fully saturated rings. The fourth-order valence-electron chi connectivity index (χ4n) is 2.02. The van der Waals surface area contributed by atoms with Crippen LogP contribution in [0, 0.1) is 0 Å². The van der Waals surface area contributed by atoms with E-state index in [0.717, 1.165) is 16.7 Å². The number of fused-ring (bicyclic) bond motifs is 1. The highest BCUT2D eigenvalue weighted by Crippen LogP contribution is 2.16. The van der Waals surface area contributed by atoms with Crippen LogP contribution in [0.5, 0.6) is 0 Å². The molecule has 0 radical (unpaired) electrons. The molecular weight excluding hydrogens is 242 g/mol. The summed E-state index contributed by atoms with van der Waals surface area (Å²) in [5.41, 5.74) is 1.64. The average Bonchev–Trinajstić information content (AvgIpc) is 3.08. The maximum absolute atomic E-state index is 12.1. The van der Waals surface area contributed by atoms with E-state index in [-0.39, 0.29) is 5.91 Å². The van der Waals surface area contributed by atoms with E-state index in [0.29, 0.717) is 18.5 Å². The molecule has 96 valence electrons. The van der Waals surface area contributed by atoms with Crippen LogP contribution in [0.25, 0.3) is 10.9 Å². The van der Waals surface area contributed by atoms with Gasteiger partial charge in [0.2, 0.25) is 0 Å². The third-order valence-electron chi connectivity index (χ3n) is 2.95. The summed E-state index contributed by atoms with van der Waals surface area (Å²) in [6.07, 6.45) is 3.92. The minimum Gasteiger partial charge on any atom is -0.361 e. The Labute approximate surface area is 109 Å². The monoisotopic (exact) mass is 255 g/mol. The molecule has 3 rings (SSSR count). The van der Waals surface area contributed by atoms with Crippen molar-refractivity contribution in [2.45, 2.75) is 6.42 Å². The highest BCUT2D eigenvalue weighted by molar-refractivity contribution is 6.06. The van der Waals surface area contributed by atoms with Gasteiger partial charge in [0.15, 0.2) is 0 Å². The van der Waals surface area contributed by atoms with Crippen LogP contribution in [0.4, 0.5) is 0 Å². The smallest absolute Gasteiger partial charge is 0.251 e. The van der Waals surface area contributed by atoms with E-state index in [1.807, 2.05) is 30.5 Å². The van der Waals surface area contributed by atoms with Crippen LogP contribution in [0.1, 0.15) is 16.2 Å². The van der Waals surface area contributed by atoms with Crippen molar-refractivity contribution in [1.82, 2.24) is 25.5 Å². The molecule has 0 unspecified atom stereocenters. The van der Waals surface area contributed by atoms with Crippen molar-refractivity contribution in [3.8, 4) is 0 Å². The molecule has 0 spiro atoms. The zero-order valence-electron chi connectivity index (χ0n) is 10.2. The Bertz CT molecular complexity index is 686. The second-order valence-corrected chi connectivity index (χ2v) is 4.18. The highest BCUT2D eigenvalue weighted by atomic mass is 16.1. The van der Waals surface area contributed by atoms with Crippen molar-refractivity contribution in [2.75, 3.05) is 6.54 Å². The maximum Gasteiger partial charge on any atom is 0.251 e. The van der Waals surface area contributed by atoms with Gasteiger partial charge in [-0.3, -0.25) is 9.89 Å². The van der Waals surface area contributed by atoms with E-state index in [1.165, 1.54) is 6.33 Å². The first-order valence-corrected chi connectivity index (χ1v) is 6.03. The van der Waals surface area contributed by atoms with Crippen LogP contribution >= 0.6 is 0 Å².